The molecule has 1 aliphatic carbocycles. The zero-order valence-electron chi connectivity index (χ0n) is 13.4. The number of halogens is 1. The summed E-state index contributed by atoms with van der Waals surface area (Å²) in [4.78, 5) is 26.8. The van der Waals surface area contributed by atoms with Gasteiger partial charge in [-0.3, -0.25) is 9.59 Å². The van der Waals surface area contributed by atoms with Crippen molar-refractivity contribution >= 4 is 23.5 Å². The van der Waals surface area contributed by atoms with Crippen LogP contribution in [0.5, 0.6) is 5.75 Å². The minimum Gasteiger partial charge on any atom is -0.491 e. The molecule has 1 amide bonds. The molecule has 0 bridgehead atoms. The summed E-state index contributed by atoms with van der Waals surface area (Å²) >= 11 is 6.08. The van der Waals surface area contributed by atoms with E-state index in [1.807, 2.05) is 12.1 Å². The van der Waals surface area contributed by atoms with Crippen molar-refractivity contribution in [3.63, 3.8) is 0 Å². The predicted octanol–water partition coefficient (Wildman–Crippen LogP) is 2.94. The van der Waals surface area contributed by atoms with E-state index >= 15 is 0 Å². The maximum atomic E-state index is 13.2. The minimum atomic E-state index is -0.571. The molecule has 2 heterocycles. The fourth-order valence-electron chi connectivity index (χ4n) is 4.20. The van der Waals surface area contributed by atoms with Gasteiger partial charge in [0.25, 0.3) is 0 Å². The molecule has 24 heavy (non-hydrogen) atoms. The van der Waals surface area contributed by atoms with Gasteiger partial charge in [-0.05, 0) is 43.9 Å². The smallest absolute Gasteiger partial charge is 0.307 e. The Bertz CT molecular complexity index is 684. The summed E-state index contributed by atoms with van der Waals surface area (Å²) in [6, 6.07) is 5.46. The molecule has 3 aliphatic rings. The molecule has 0 N–H and O–H groups in total. The molecule has 1 unspecified atom stereocenters. The van der Waals surface area contributed by atoms with Crippen molar-refractivity contribution in [3.8, 4) is 5.75 Å². The van der Waals surface area contributed by atoms with Crippen LogP contribution in [0.3, 0.4) is 0 Å². The summed E-state index contributed by atoms with van der Waals surface area (Å²) in [6.45, 7) is 1.40. The van der Waals surface area contributed by atoms with E-state index in [1.54, 1.807) is 11.0 Å². The number of hydrogen-bond acceptors (Lipinski definition) is 4. The quantitative estimate of drug-likeness (QED) is 0.731. The molecule has 1 atom stereocenters. The highest BCUT2D eigenvalue weighted by Gasteiger charge is 2.54. The summed E-state index contributed by atoms with van der Waals surface area (Å²) in [5.41, 5.74) is 0.331. The summed E-state index contributed by atoms with van der Waals surface area (Å²) in [6.07, 6.45) is 3.81. The molecule has 6 heteroatoms. The number of hydrogen-bond donors (Lipinski definition) is 0. The zero-order chi connectivity index (χ0) is 16.7. The molecule has 1 saturated heterocycles. The maximum Gasteiger partial charge on any atom is 0.307 e. The first-order valence-electron chi connectivity index (χ1n) is 8.49. The zero-order valence-corrected chi connectivity index (χ0v) is 14.2. The molecule has 5 nitrogen and oxygen atoms in total. The molecular weight excluding hydrogens is 330 g/mol. The lowest BCUT2D eigenvalue weighted by molar-refractivity contribution is -0.151. The van der Waals surface area contributed by atoms with Crippen LogP contribution in [0.4, 0.5) is 0 Å². The van der Waals surface area contributed by atoms with E-state index in [1.165, 1.54) is 0 Å². The molecule has 1 saturated carbocycles. The summed E-state index contributed by atoms with van der Waals surface area (Å²) in [5, 5.41) is 0.623. The highest BCUT2D eigenvalue weighted by Crippen LogP contribution is 2.46. The third kappa shape index (κ3) is 2.65. The van der Waals surface area contributed by atoms with Crippen molar-refractivity contribution in [1.82, 2.24) is 4.90 Å². The first kappa shape index (κ1) is 15.8. The van der Waals surface area contributed by atoms with E-state index in [4.69, 9.17) is 21.1 Å². The molecule has 2 fully saturated rings. The Morgan fingerprint density at radius 2 is 2.08 bits per heavy atom. The molecule has 1 spiro atoms. The van der Waals surface area contributed by atoms with Gasteiger partial charge in [-0.15, -0.1) is 0 Å². The average molecular weight is 350 g/mol. The van der Waals surface area contributed by atoms with Crippen molar-refractivity contribution in [1.29, 1.82) is 0 Å². The van der Waals surface area contributed by atoms with Gasteiger partial charge in [0, 0.05) is 17.1 Å². The maximum absolute atomic E-state index is 13.2. The lowest BCUT2D eigenvalue weighted by Gasteiger charge is -2.31. The van der Waals surface area contributed by atoms with Gasteiger partial charge in [-0.2, -0.15) is 0 Å². The van der Waals surface area contributed by atoms with Crippen LogP contribution in [0.2, 0.25) is 5.02 Å². The van der Waals surface area contributed by atoms with Gasteiger partial charge >= 0.3 is 5.97 Å². The van der Waals surface area contributed by atoms with E-state index < -0.39 is 5.60 Å². The van der Waals surface area contributed by atoms with E-state index in [9.17, 15) is 9.59 Å². The molecule has 1 aromatic rings. The van der Waals surface area contributed by atoms with E-state index in [2.05, 4.69) is 0 Å². The molecule has 0 radical (unpaired) electrons. The second-order valence-electron chi connectivity index (χ2n) is 6.86. The molecular formula is C18H20ClNO4. The first-order chi connectivity index (χ1) is 11.6. The number of benzene rings is 1. The van der Waals surface area contributed by atoms with Crippen molar-refractivity contribution in [3.05, 3.63) is 28.8 Å². The average Bonchev–Trinajstić information content (AvgIpc) is 3.07. The summed E-state index contributed by atoms with van der Waals surface area (Å²) < 4.78 is 11.3. The van der Waals surface area contributed by atoms with Gasteiger partial charge < -0.3 is 14.4 Å². The van der Waals surface area contributed by atoms with E-state index in [-0.39, 0.29) is 24.2 Å². The Balaban J connectivity index is 1.59. The largest absolute Gasteiger partial charge is 0.491 e. The molecule has 2 aliphatic heterocycles. The van der Waals surface area contributed by atoms with E-state index in [0.717, 1.165) is 37.0 Å². The highest BCUT2D eigenvalue weighted by molar-refractivity contribution is 6.30. The van der Waals surface area contributed by atoms with Gasteiger partial charge in [-0.25, -0.2) is 0 Å². The van der Waals surface area contributed by atoms with Crippen LogP contribution in [0.1, 0.15) is 37.7 Å². The number of ether oxygens (including phenoxy) is 2. The summed E-state index contributed by atoms with van der Waals surface area (Å²) in [7, 11) is 0. The van der Waals surface area contributed by atoms with Crippen LogP contribution in [0.25, 0.3) is 0 Å². The number of nitrogens with zero attached hydrogens (tertiary/aromatic N) is 1. The van der Waals surface area contributed by atoms with Crippen LogP contribution in [-0.2, 0) is 20.9 Å². The van der Waals surface area contributed by atoms with E-state index in [0.29, 0.717) is 24.7 Å². The van der Waals surface area contributed by atoms with Crippen LogP contribution in [0.15, 0.2) is 18.2 Å². The third-order valence-corrected chi connectivity index (χ3v) is 5.62. The Morgan fingerprint density at radius 3 is 2.88 bits per heavy atom. The monoisotopic (exact) mass is 349 g/mol. The molecule has 128 valence electrons. The van der Waals surface area contributed by atoms with Gasteiger partial charge in [0.15, 0.2) is 0 Å². The van der Waals surface area contributed by atoms with Crippen LogP contribution >= 0.6 is 11.6 Å². The second kappa shape index (κ2) is 5.96. The van der Waals surface area contributed by atoms with Crippen molar-refractivity contribution < 1.29 is 19.1 Å². The van der Waals surface area contributed by atoms with Gasteiger partial charge in [0.05, 0.1) is 18.9 Å². The number of carbonyl (C=O) groups excluding carboxylic acids is 2. The molecule has 0 aromatic heterocycles. The van der Waals surface area contributed by atoms with Crippen molar-refractivity contribution in [2.24, 2.45) is 5.92 Å². The van der Waals surface area contributed by atoms with Gasteiger partial charge in [-0.1, -0.05) is 11.6 Å². The number of esters is 1. The first-order valence-corrected chi connectivity index (χ1v) is 8.87. The lowest BCUT2D eigenvalue weighted by atomic mass is 9.84. The SMILES string of the molecule is O=C1CC(C(=O)N2CCOc3ccc(Cl)cc3C2)C2(CCCC2)O1. The number of carbonyl (C=O) groups is 2. The Morgan fingerprint density at radius 1 is 1.29 bits per heavy atom. The highest BCUT2D eigenvalue weighted by atomic mass is 35.5. The molecule has 4 rings (SSSR count). The topological polar surface area (TPSA) is 55.8 Å². The standard InChI is InChI=1S/C18H20ClNO4/c19-13-3-4-15-12(9-13)11-20(7-8-23-15)17(22)14-10-16(21)24-18(14)5-1-2-6-18/h3-4,9,14H,1-2,5-8,10-11H2. The van der Waals surface area contributed by atoms with Gasteiger partial charge in [0.1, 0.15) is 18.0 Å². The lowest BCUT2D eigenvalue weighted by Crippen LogP contribution is -2.45. The number of amides is 1. The predicted molar refractivity (Wildman–Crippen MR) is 87.8 cm³/mol. The Labute approximate surface area is 145 Å². The fourth-order valence-corrected chi connectivity index (χ4v) is 4.39. The third-order valence-electron chi connectivity index (χ3n) is 5.39. The van der Waals surface area contributed by atoms with Crippen molar-refractivity contribution in [2.45, 2.75) is 44.2 Å². The van der Waals surface area contributed by atoms with Gasteiger partial charge in [0.2, 0.25) is 5.91 Å². The summed E-state index contributed by atoms with van der Waals surface area (Å²) in [5.74, 6) is 0.154. The minimum absolute atomic E-state index is 0.000763. The molecule has 1 aromatic carbocycles. The van der Waals surface area contributed by atoms with Crippen LogP contribution in [0, 0.1) is 5.92 Å². The normalized spacial score (nSPS) is 25.1. The second-order valence-corrected chi connectivity index (χ2v) is 7.30. The number of fused-ring (bicyclic) bond motifs is 1. The fraction of sp³-hybridized carbons (Fsp3) is 0.556. The van der Waals surface area contributed by atoms with Crippen LogP contribution in [-0.4, -0.2) is 35.5 Å². The van der Waals surface area contributed by atoms with Crippen LogP contribution < -0.4 is 4.74 Å². The van der Waals surface area contributed by atoms with Crippen molar-refractivity contribution in [2.75, 3.05) is 13.2 Å². The Kier molecular flexibility index (Phi) is 3.91. The number of rotatable bonds is 1. The Hall–Kier alpha value is -1.75.